The van der Waals surface area contributed by atoms with Gasteiger partial charge in [-0.15, -0.1) is 11.8 Å². The average molecular weight is 290 g/mol. The van der Waals surface area contributed by atoms with E-state index in [1.165, 1.54) is 23.9 Å². The van der Waals surface area contributed by atoms with E-state index < -0.39 is 4.92 Å². The summed E-state index contributed by atoms with van der Waals surface area (Å²) in [5.74, 6) is -0.252. The summed E-state index contributed by atoms with van der Waals surface area (Å²) in [6, 6.07) is 9.46. The maximum atomic E-state index is 11.8. The molecule has 0 heterocycles. The standard InChI is InChI=1S/C12H10N4O3S/c13-5-7-15(8-6-14)12(17)9-20-11-3-1-10(2-4-11)16(18)19/h1-4H,7-9H2. The van der Waals surface area contributed by atoms with Crippen molar-refractivity contribution in [2.45, 2.75) is 4.90 Å². The number of carbonyl (C=O) groups excluding carboxylic acids is 1. The fourth-order valence-corrected chi connectivity index (χ4v) is 2.10. The van der Waals surface area contributed by atoms with Crippen LogP contribution in [0.1, 0.15) is 0 Å². The van der Waals surface area contributed by atoms with Gasteiger partial charge in [-0.25, -0.2) is 0 Å². The topological polar surface area (TPSA) is 111 Å². The smallest absolute Gasteiger partial charge is 0.269 e. The van der Waals surface area contributed by atoms with Crippen molar-refractivity contribution in [3.05, 3.63) is 34.4 Å². The monoisotopic (exact) mass is 290 g/mol. The highest BCUT2D eigenvalue weighted by Gasteiger charge is 2.13. The Hall–Kier alpha value is -2.58. The van der Waals surface area contributed by atoms with E-state index in [2.05, 4.69) is 0 Å². The molecule has 0 saturated carbocycles. The average Bonchev–Trinajstić information content (AvgIpc) is 2.45. The highest BCUT2D eigenvalue weighted by molar-refractivity contribution is 8.00. The summed E-state index contributed by atoms with van der Waals surface area (Å²) in [5.41, 5.74) is -0.0173. The zero-order valence-electron chi connectivity index (χ0n) is 10.4. The number of benzene rings is 1. The fourth-order valence-electron chi connectivity index (χ4n) is 1.30. The lowest BCUT2D eigenvalue weighted by Crippen LogP contribution is -2.33. The molecule has 0 N–H and O–H groups in total. The van der Waals surface area contributed by atoms with Crippen LogP contribution in [-0.2, 0) is 4.79 Å². The first-order valence-electron chi connectivity index (χ1n) is 5.47. The van der Waals surface area contributed by atoms with Crippen LogP contribution in [0, 0.1) is 32.8 Å². The van der Waals surface area contributed by atoms with Crippen LogP contribution >= 0.6 is 11.8 Å². The maximum Gasteiger partial charge on any atom is 0.269 e. The normalized spacial score (nSPS) is 9.30. The van der Waals surface area contributed by atoms with E-state index in [1.807, 2.05) is 12.1 Å². The van der Waals surface area contributed by atoms with Gasteiger partial charge in [-0.2, -0.15) is 10.5 Å². The molecule has 0 bridgehead atoms. The minimum Gasteiger partial charge on any atom is -0.315 e. The molecular weight excluding hydrogens is 280 g/mol. The number of non-ortho nitro benzene ring substituents is 1. The summed E-state index contributed by atoms with van der Waals surface area (Å²) in [4.78, 5) is 23.6. The molecule has 0 aromatic heterocycles. The Balaban J connectivity index is 2.58. The first-order valence-corrected chi connectivity index (χ1v) is 6.46. The number of nitro benzene ring substituents is 1. The molecule has 0 radical (unpaired) electrons. The van der Waals surface area contributed by atoms with Gasteiger partial charge in [0, 0.05) is 17.0 Å². The lowest BCUT2D eigenvalue weighted by molar-refractivity contribution is -0.384. The van der Waals surface area contributed by atoms with Crippen molar-refractivity contribution in [3.63, 3.8) is 0 Å². The second kappa shape index (κ2) is 7.77. The number of nitro groups is 1. The number of hydrogen-bond donors (Lipinski definition) is 0. The van der Waals surface area contributed by atoms with E-state index in [1.54, 1.807) is 12.1 Å². The van der Waals surface area contributed by atoms with Gasteiger partial charge in [0.25, 0.3) is 5.69 Å². The van der Waals surface area contributed by atoms with E-state index in [0.29, 0.717) is 4.90 Å². The van der Waals surface area contributed by atoms with Gasteiger partial charge in [0.05, 0.1) is 22.8 Å². The zero-order chi connectivity index (χ0) is 15.0. The van der Waals surface area contributed by atoms with Gasteiger partial charge in [0.15, 0.2) is 0 Å². The molecule has 0 spiro atoms. The predicted molar refractivity (Wildman–Crippen MR) is 71.6 cm³/mol. The third kappa shape index (κ3) is 4.59. The van der Waals surface area contributed by atoms with Crippen molar-refractivity contribution < 1.29 is 9.72 Å². The summed E-state index contributed by atoms with van der Waals surface area (Å²) in [6.07, 6.45) is 0. The molecule has 0 aliphatic heterocycles. The third-order valence-corrected chi connectivity index (χ3v) is 3.28. The zero-order valence-corrected chi connectivity index (χ0v) is 11.2. The van der Waals surface area contributed by atoms with Crippen LogP contribution in [0.2, 0.25) is 0 Å². The summed E-state index contributed by atoms with van der Waals surface area (Å²) in [7, 11) is 0. The van der Waals surface area contributed by atoms with E-state index in [4.69, 9.17) is 10.5 Å². The SMILES string of the molecule is N#CCN(CC#N)C(=O)CSc1ccc([N+](=O)[O-])cc1. The van der Waals surface area contributed by atoms with Crippen LogP contribution in [0.3, 0.4) is 0 Å². The number of carbonyl (C=O) groups is 1. The molecule has 0 aliphatic carbocycles. The van der Waals surface area contributed by atoms with Crippen molar-refractivity contribution in [2.75, 3.05) is 18.8 Å². The highest BCUT2D eigenvalue weighted by atomic mass is 32.2. The minimum absolute atomic E-state index is 0.0173. The Labute approximate surface area is 119 Å². The summed E-state index contributed by atoms with van der Waals surface area (Å²) in [5, 5.41) is 27.6. The number of nitriles is 2. The van der Waals surface area contributed by atoms with E-state index >= 15 is 0 Å². The molecule has 1 amide bonds. The number of amides is 1. The Bertz CT molecular complexity index is 558. The minimum atomic E-state index is -0.499. The van der Waals surface area contributed by atoms with Crippen molar-refractivity contribution >= 4 is 23.4 Å². The van der Waals surface area contributed by atoms with Crippen molar-refractivity contribution in [2.24, 2.45) is 0 Å². The van der Waals surface area contributed by atoms with Gasteiger partial charge in [0.2, 0.25) is 5.91 Å². The van der Waals surface area contributed by atoms with Gasteiger partial charge in [0.1, 0.15) is 13.1 Å². The van der Waals surface area contributed by atoms with Crippen LogP contribution in [0.5, 0.6) is 0 Å². The van der Waals surface area contributed by atoms with Crippen LogP contribution in [0.15, 0.2) is 29.2 Å². The van der Waals surface area contributed by atoms with Gasteiger partial charge >= 0.3 is 0 Å². The second-order valence-corrected chi connectivity index (χ2v) is 4.65. The van der Waals surface area contributed by atoms with E-state index in [-0.39, 0.29) is 30.4 Å². The Morgan fingerprint density at radius 1 is 1.25 bits per heavy atom. The van der Waals surface area contributed by atoms with E-state index in [0.717, 1.165) is 4.90 Å². The van der Waals surface area contributed by atoms with Gasteiger partial charge in [-0.3, -0.25) is 14.9 Å². The molecule has 102 valence electrons. The first-order chi connectivity index (χ1) is 9.58. The van der Waals surface area contributed by atoms with Crippen LogP contribution in [-0.4, -0.2) is 34.6 Å². The van der Waals surface area contributed by atoms with Crippen molar-refractivity contribution in [1.82, 2.24) is 4.90 Å². The Kier molecular flexibility index (Phi) is 6.01. The summed E-state index contributed by atoms with van der Waals surface area (Å²) >= 11 is 1.20. The number of hydrogen-bond acceptors (Lipinski definition) is 6. The molecule has 0 unspecified atom stereocenters. The lowest BCUT2D eigenvalue weighted by atomic mass is 10.3. The summed E-state index contributed by atoms with van der Waals surface area (Å²) < 4.78 is 0. The molecule has 8 heteroatoms. The Morgan fingerprint density at radius 3 is 2.25 bits per heavy atom. The molecule has 0 aliphatic rings. The fraction of sp³-hybridized carbons (Fsp3) is 0.250. The van der Waals surface area contributed by atoms with Crippen LogP contribution in [0.25, 0.3) is 0 Å². The predicted octanol–water partition coefficient (Wildman–Crippen LogP) is 1.56. The van der Waals surface area contributed by atoms with E-state index in [9.17, 15) is 14.9 Å². The molecule has 0 atom stereocenters. The van der Waals surface area contributed by atoms with Gasteiger partial charge in [-0.1, -0.05) is 0 Å². The van der Waals surface area contributed by atoms with Gasteiger partial charge in [-0.05, 0) is 12.1 Å². The number of thioether (sulfide) groups is 1. The molecular formula is C12H10N4O3S. The van der Waals surface area contributed by atoms with Crippen LogP contribution < -0.4 is 0 Å². The molecule has 0 fully saturated rings. The number of nitrogens with zero attached hydrogens (tertiary/aromatic N) is 4. The molecule has 1 aromatic rings. The first kappa shape index (κ1) is 15.5. The Morgan fingerprint density at radius 2 is 1.80 bits per heavy atom. The molecule has 20 heavy (non-hydrogen) atoms. The summed E-state index contributed by atoms with van der Waals surface area (Å²) in [6.45, 7) is -0.263. The van der Waals surface area contributed by atoms with Crippen molar-refractivity contribution in [1.29, 1.82) is 10.5 Å². The molecule has 1 rings (SSSR count). The van der Waals surface area contributed by atoms with Crippen molar-refractivity contribution in [3.8, 4) is 12.1 Å². The molecule has 7 nitrogen and oxygen atoms in total. The molecule has 0 saturated heterocycles. The second-order valence-electron chi connectivity index (χ2n) is 3.61. The quantitative estimate of drug-likeness (QED) is 0.340. The molecule has 1 aromatic carbocycles. The third-order valence-electron chi connectivity index (χ3n) is 2.29. The lowest BCUT2D eigenvalue weighted by Gasteiger charge is -2.15. The van der Waals surface area contributed by atoms with Crippen LogP contribution in [0.4, 0.5) is 5.69 Å². The maximum absolute atomic E-state index is 11.8. The highest BCUT2D eigenvalue weighted by Crippen LogP contribution is 2.21. The largest absolute Gasteiger partial charge is 0.315 e. The number of rotatable bonds is 6. The van der Waals surface area contributed by atoms with Gasteiger partial charge < -0.3 is 4.90 Å².